The van der Waals surface area contributed by atoms with Gasteiger partial charge < -0.3 is 20.1 Å². The molecule has 0 bridgehead atoms. The van der Waals surface area contributed by atoms with Crippen molar-refractivity contribution in [2.75, 3.05) is 30.9 Å². The maximum absolute atomic E-state index is 13.7. The lowest BCUT2D eigenvalue weighted by Gasteiger charge is -2.32. The fraction of sp³-hybridized carbons (Fsp3) is 0.351. The lowest BCUT2D eigenvalue weighted by atomic mass is 9.88. The molecule has 1 aromatic heterocycles. The standard InChI is InChI=1S/C35H36F3N5O4S.C2HF3O2/c36-35(37,38)32-12-13-33(41-40-32)47-29-9-6-25(7-10-29)26-16-20-43(21-17-26)34(44)28-8-11-30(27-14-18-39-19-15-27)31(22-28)42-48(45,46)23-24-4-2-1-3-5-24;3-2(4,5)1(6)7/h1-13,22,26-27,39,42H,14-21,23H2;(H,6,7). The van der Waals surface area contributed by atoms with Crippen molar-refractivity contribution in [1.82, 2.24) is 20.4 Å². The second-order valence-electron chi connectivity index (χ2n) is 13.0. The highest BCUT2D eigenvalue weighted by molar-refractivity contribution is 7.91. The number of sulfonamides is 1. The van der Waals surface area contributed by atoms with Crippen LogP contribution in [0.1, 0.15) is 70.3 Å². The van der Waals surface area contributed by atoms with E-state index >= 15 is 0 Å². The second kappa shape index (κ2) is 17.5. The third-order valence-electron chi connectivity index (χ3n) is 9.07. The molecule has 2 saturated heterocycles. The first-order chi connectivity index (χ1) is 26.0. The third kappa shape index (κ3) is 11.6. The molecular weight excluding hydrogens is 756 g/mol. The normalized spacial score (nSPS) is 15.8. The van der Waals surface area contributed by atoms with Crippen LogP contribution in [0.15, 0.2) is 84.9 Å². The van der Waals surface area contributed by atoms with Gasteiger partial charge in [0.2, 0.25) is 15.9 Å². The average molecular weight is 794 g/mol. The molecule has 0 spiro atoms. The summed E-state index contributed by atoms with van der Waals surface area (Å²) < 4.78 is 105. The van der Waals surface area contributed by atoms with E-state index < -0.39 is 34.0 Å². The monoisotopic (exact) mass is 793 g/mol. The smallest absolute Gasteiger partial charge is 0.475 e. The first kappa shape index (κ1) is 40.9. The molecule has 18 heteroatoms. The van der Waals surface area contributed by atoms with Gasteiger partial charge in [0.25, 0.3) is 5.91 Å². The van der Waals surface area contributed by atoms with Crippen LogP contribution in [-0.4, -0.2) is 72.9 Å². The van der Waals surface area contributed by atoms with Crippen LogP contribution < -0.4 is 14.8 Å². The molecule has 0 aliphatic carbocycles. The number of piperidine rings is 2. The third-order valence-corrected chi connectivity index (χ3v) is 10.3. The number of hydrogen-bond acceptors (Lipinski definition) is 8. The van der Waals surface area contributed by atoms with E-state index in [4.69, 9.17) is 14.6 Å². The predicted octanol–water partition coefficient (Wildman–Crippen LogP) is 7.35. The van der Waals surface area contributed by atoms with Crippen molar-refractivity contribution in [1.29, 1.82) is 0 Å². The number of carboxylic acid groups (broad SMARTS) is 1. The van der Waals surface area contributed by atoms with Gasteiger partial charge in [0.05, 0.1) is 11.4 Å². The van der Waals surface area contributed by atoms with Gasteiger partial charge in [-0.05, 0) is 97.6 Å². The van der Waals surface area contributed by atoms with Gasteiger partial charge in [-0.2, -0.15) is 26.3 Å². The summed E-state index contributed by atoms with van der Waals surface area (Å²) in [5.74, 6) is -2.30. The Labute approximate surface area is 312 Å². The summed E-state index contributed by atoms with van der Waals surface area (Å²) in [6.45, 7) is 2.77. The predicted molar refractivity (Wildman–Crippen MR) is 189 cm³/mol. The number of ether oxygens (including phenoxy) is 1. The number of benzene rings is 3. The molecule has 4 aromatic rings. The summed E-state index contributed by atoms with van der Waals surface area (Å²) in [5.41, 5.74) is 2.46. The quantitative estimate of drug-likeness (QED) is 0.148. The topological polar surface area (TPSA) is 151 Å². The lowest BCUT2D eigenvalue weighted by Crippen LogP contribution is -2.38. The van der Waals surface area contributed by atoms with E-state index in [-0.39, 0.29) is 29.4 Å². The number of amides is 1. The average Bonchev–Trinajstić information content (AvgIpc) is 3.15. The van der Waals surface area contributed by atoms with Crippen LogP contribution in [0.5, 0.6) is 11.6 Å². The van der Waals surface area contributed by atoms with E-state index in [0.717, 1.165) is 62.0 Å². The van der Waals surface area contributed by atoms with Crippen molar-refractivity contribution in [3.8, 4) is 11.6 Å². The summed E-state index contributed by atoms with van der Waals surface area (Å²) in [5, 5.41) is 17.2. The highest BCUT2D eigenvalue weighted by atomic mass is 32.2. The number of carboxylic acids is 1. The van der Waals surface area contributed by atoms with Crippen molar-refractivity contribution < 1.29 is 54.2 Å². The zero-order valence-electron chi connectivity index (χ0n) is 29.1. The maximum atomic E-state index is 13.7. The number of carbonyl (C=O) groups is 2. The number of hydrogen-bond donors (Lipinski definition) is 3. The largest absolute Gasteiger partial charge is 0.490 e. The number of alkyl halides is 6. The van der Waals surface area contributed by atoms with Gasteiger partial charge in [-0.15, -0.1) is 10.2 Å². The van der Waals surface area contributed by atoms with Gasteiger partial charge in [0, 0.05) is 24.7 Å². The lowest BCUT2D eigenvalue weighted by molar-refractivity contribution is -0.192. The molecule has 1 amide bonds. The Balaban J connectivity index is 0.000000757. The van der Waals surface area contributed by atoms with Crippen molar-refractivity contribution in [3.63, 3.8) is 0 Å². The van der Waals surface area contributed by atoms with Gasteiger partial charge in [0.15, 0.2) is 5.69 Å². The Bertz CT molecular complexity index is 2020. The van der Waals surface area contributed by atoms with E-state index in [2.05, 4.69) is 20.2 Å². The summed E-state index contributed by atoms with van der Waals surface area (Å²) in [7, 11) is -3.73. The molecule has 294 valence electrons. The van der Waals surface area contributed by atoms with Crippen LogP contribution in [0.25, 0.3) is 0 Å². The van der Waals surface area contributed by atoms with Crippen molar-refractivity contribution in [2.45, 2.75) is 55.6 Å². The molecule has 3 N–H and O–H groups in total. The van der Waals surface area contributed by atoms with Gasteiger partial charge in [0.1, 0.15) is 5.75 Å². The van der Waals surface area contributed by atoms with Crippen LogP contribution >= 0.6 is 0 Å². The molecule has 0 atom stereocenters. The molecule has 3 heterocycles. The number of nitrogens with one attached hydrogen (secondary N) is 2. The Morgan fingerprint density at radius 3 is 2.04 bits per heavy atom. The maximum Gasteiger partial charge on any atom is 0.490 e. The van der Waals surface area contributed by atoms with Crippen molar-refractivity contribution in [3.05, 3.63) is 113 Å². The Morgan fingerprint density at radius 2 is 1.47 bits per heavy atom. The fourth-order valence-electron chi connectivity index (χ4n) is 6.32. The number of halogens is 6. The van der Waals surface area contributed by atoms with Crippen LogP contribution in [0.2, 0.25) is 0 Å². The Morgan fingerprint density at radius 1 is 0.836 bits per heavy atom. The van der Waals surface area contributed by atoms with E-state index in [0.29, 0.717) is 35.7 Å². The number of aliphatic carboxylic acids is 1. The SMILES string of the molecule is O=C(O)C(F)(F)F.O=C(c1ccc(C2CCNCC2)c(NS(=O)(=O)Cc2ccccc2)c1)N1CCC(c2ccc(Oc3ccc(C(F)(F)F)nn3)cc2)CC1. The molecule has 2 aliphatic rings. The minimum absolute atomic E-state index is 0.0431. The number of carbonyl (C=O) groups excluding carboxylic acids is 1. The molecule has 6 rings (SSSR count). The molecule has 0 saturated carbocycles. The number of aromatic nitrogens is 2. The van der Waals surface area contributed by atoms with E-state index in [1.807, 2.05) is 24.3 Å². The van der Waals surface area contributed by atoms with Gasteiger partial charge in [-0.3, -0.25) is 9.52 Å². The van der Waals surface area contributed by atoms with Gasteiger partial charge >= 0.3 is 18.3 Å². The second-order valence-corrected chi connectivity index (χ2v) is 14.7. The fourth-order valence-corrected chi connectivity index (χ4v) is 7.53. The van der Waals surface area contributed by atoms with E-state index in [9.17, 15) is 39.6 Å². The molecule has 55 heavy (non-hydrogen) atoms. The highest BCUT2D eigenvalue weighted by Crippen LogP contribution is 2.35. The number of anilines is 1. The molecule has 3 aromatic carbocycles. The zero-order chi connectivity index (χ0) is 39.8. The first-order valence-corrected chi connectivity index (χ1v) is 18.8. The molecule has 0 unspecified atom stereocenters. The summed E-state index contributed by atoms with van der Waals surface area (Å²) in [6.07, 6.45) is -6.42. The van der Waals surface area contributed by atoms with Gasteiger partial charge in [-0.1, -0.05) is 48.5 Å². The summed E-state index contributed by atoms with van der Waals surface area (Å²) in [4.78, 5) is 24.4. The van der Waals surface area contributed by atoms with Crippen LogP contribution in [0, 0.1) is 0 Å². The Hall–Kier alpha value is -5.23. The number of nitrogens with zero attached hydrogens (tertiary/aromatic N) is 3. The van der Waals surface area contributed by atoms with Crippen LogP contribution in [-0.2, 0) is 26.7 Å². The van der Waals surface area contributed by atoms with E-state index in [1.165, 1.54) is 0 Å². The molecular formula is C37H37F6N5O6S. The highest BCUT2D eigenvalue weighted by Gasteiger charge is 2.38. The molecule has 2 aliphatic heterocycles. The van der Waals surface area contributed by atoms with E-state index in [1.54, 1.807) is 53.4 Å². The van der Waals surface area contributed by atoms with Gasteiger partial charge in [-0.25, -0.2) is 13.2 Å². The zero-order valence-corrected chi connectivity index (χ0v) is 29.9. The summed E-state index contributed by atoms with van der Waals surface area (Å²) in [6, 6.07) is 23.6. The van der Waals surface area contributed by atoms with Crippen molar-refractivity contribution >= 4 is 27.6 Å². The minimum Gasteiger partial charge on any atom is -0.475 e. The minimum atomic E-state index is -5.08. The van der Waals surface area contributed by atoms with Crippen LogP contribution in [0.3, 0.4) is 0 Å². The first-order valence-electron chi connectivity index (χ1n) is 17.2. The molecule has 0 radical (unpaired) electrons. The summed E-state index contributed by atoms with van der Waals surface area (Å²) >= 11 is 0. The Kier molecular flexibility index (Phi) is 13.0. The van der Waals surface area contributed by atoms with Crippen molar-refractivity contribution in [2.24, 2.45) is 0 Å². The number of likely N-dealkylation sites (tertiary alicyclic amines) is 1. The van der Waals surface area contributed by atoms with Crippen LogP contribution in [0.4, 0.5) is 32.0 Å². The molecule has 11 nitrogen and oxygen atoms in total. The molecule has 2 fully saturated rings. The number of rotatable bonds is 9.